The fourth-order valence-corrected chi connectivity index (χ4v) is 2.06. The van der Waals surface area contributed by atoms with Gasteiger partial charge < -0.3 is 10.1 Å². The average molecular weight is 253 g/mol. The first-order valence-corrected chi connectivity index (χ1v) is 6.69. The fraction of sp³-hybridized carbons (Fsp3) is 0.600. The molecular formula is C15H24FNO. The number of aryl methyl sites for hydroxylation is 2. The second-order valence-corrected chi connectivity index (χ2v) is 4.63. The summed E-state index contributed by atoms with van der Waals surface area (Å²) < 4.78 is 18.7. The maximum absolute atomic E-state index is 13.1. The molecule has 3 heteroatoms. The third-order valence-corrected chi connectivity index (χ3v) is 3.01. The summed E-state index contributed by atoms with van der Waals surface area (Å²) >= 11 is 0. The van der Waals surface area contributed by atoms with Crippen molar-refractivity contribution >= 4 is 0 Å². The smallest absolute Gasteiger partial charge is 0.123 e. The topological polar surface area (TPSA) is 21.3 Å². The van der Waals surface area contributed by atoms with E-state index < -0.39 is 0 Å². The molecule has 0 aliphatic heterocycles. The molecule has 1 N–H and O–H groups in total. The van der Waals surface area contributed by atoms with Crippen LogP contribution in [0.2, 0.25) is 0 Å². The predicted octanol–water partition coefficient (Wildman–Crippen LogP) is 3.00. The Hall–Kier alpha value is -0.930. The van der Waals surface area contributed by atoms with Crippen molar-refractivity contribution in [3.63, 3.8) is 0 Å². The molecule has 0 atom stereocenters. The molecule has 2 nitrogen and oxygen atoms in total. The zero-order valence-electron chi connectivity index (χ0n) is 11.7. The molecule has 0 unspecified atom stereocenters. The molecule has 0 saturated heterocycles. The normalized spacial score (nSPS) is 10.9. The van der Waals surface area contributed by atoms with E-state index >= 15 is 0 Å². The largest absolute Gasteiger partial charge is 0.380 e. The van der Waals surface area contributed by atoms with Gasteiger partial charge in [-0.25, -0.2) is 4.39 Å². The minimum atomic E-state index is -0.154. The number of hydrogen-bond donors (Lipinski definition) is 1. The van der Waals surface area contributed by atoms with Crippen molar-refractivity contribution in [2.75, 3.05) is 26.3 Å². The maximum Gasteiger partial charge on any atom is 0.123 e. The molecule has 1 rings (SSSR count). The highest BCUT2D eigenvalue weighted by Gasteiger charge is 2.04. The molecule has 0 amide bonds. The first-order valence-electron chi connectivity index (χ1n) is 6.69. The highest BCUT2D eigenvalue weighted by Crippen LogP contribution is 2.16. The molecule has 0 fully saturated rings. The van der Waals surface area contributed by atoms with Crippen molar-refractivity contribution in [1.82, 2.24) is 5.32 Å². The van der Waals surface area contributed by atoms with Crippen LogP contribution in [0.5, 0.6) is 0 Å². The van der Waals surface area contributed by atoms with E-state index in [1.165, 1.54) is 5.56 Å². The van der Waals surface area contributed by atoms with Gasteiger partial charge in [0.1, 0.15) is 5.82 Å². The fourth-order valence-electron chi connectivity index (χ4n) is 2.06. The Balaban J connectivity index is 2.27. The summed E-state index contributed by atoms with van der Waals surface area (Å²) in [4.78, 5) is 0. The first kappa shape index (κ1) is 15.1. The van der Waals surface area contributed by atoms with Crippen LogP contribution in [0.1, 0.15) is 30.0 Å². The standard InChI is InChI=1S/C15H24FNO/c1-4-6-17-7-9-18-8-5-15-12(2)10-14(16)11-13(15)3/h10-11,17H,4-9H2,1-3H3. The number of halogens is 1. The van der Waals surface area contributed by atoms with E-state index in [2.05, 4.69) is 12.2 Å². The second-order valence-electron chi connectivity index (χ2n) is 4.63. The Morgan fingerprint density at radius 1 is 1.11 bits per heavy atom. The monoisotopic (exact) mass is 253 g/mol. The third kappa shape index (κ3) is 5.15. The molecule has 1 aromatic carbocycles. The summed E-state index contributed by atoms with van der Waals surface area (Å²) in [5, 5.41) is 3.29. The minimum absolute atomic E-state index is 0.154. The van der Waals surface area contributed by atoms with Crippen molar-refractivity contribution in [3.05, 3.63) is 34.6 Å². The van der Waals surface area contributed by atoms with Crippen LogP contribution in [0.15, 0.2) is 12.1 Å². The molecular weight excluding hydrogens is 229 g/mol. The summed E-state index contributed by atoms with van der Waals surface area (Å²) in [7, 11) is 0. The summed E-state index contributed by atoms with van der Waals surface area (Å²) in [6.45, 7) is 9.42. The van der Waals surface area contributed by atoms with E-state index in [0.717, 1.165) is 43.7 Å². The molecule has 1 aromatic rings. The highest BCUT2D eigenvalue weighted by atomic mass is 19.1. The number of nitrogens with one attached hydrogen (secondary N) is 1. The Morgan fingerprint density at radius 2 is 1.78 bits per heavy atom. The Labute approximate surface area is 110 Å². The van der Waals surface area contributed by atoms with E-state index in [0.29, 0.717) is 6.61 Å². The zero-order chi connectivity index (χ0) is 13.4. The molecule has 0 spiro atoms. The third-order valence-electron chi connectivity index (χ3n) is 3.01. The second kappa shape index (κ2) is 8.22. The van der Waals surface area contributed by atoms with Crippen LogP contribution < -0.4 is 5.32 Å². The quantitative estimate of drug-likeness (QED) is 0.719. The summed E-state index contributed by atoms with van der Waals surface area (Å²) in [6, 6.07) is 3.18. The van der Waals surface area contributed by atoms with E-state index in [-0.39, 0.29) is 5.82 Å². The van der Waals surface area contributed by atoms with Gasteiger partial charge in [0, 0.05) is 6.54 Å². The molecule has 0 aliphatic carbocycles. The van der Waals surface area contributed by atoms with Crippen LogP contribution >= 0.6 is 0 Å². The van der Waals surface area contributed by atoms with E-state index in [9.17, 15) is 4.39 Å². The van der Waals surface area contributed by atoms with Gasteiger partial charge in [-0.05, 0) is 62.1 Å². The van der Waals surface area contributed by atoms with Crippen LogP contribution in [0.4, 0.5) is 4.39 Å². The number of hydrogen-bond acceptors (Lipinski definition) is 2. The maximum atomic E-state index is 13.1. The number of rotatable bonds is 8. The molecule has 0 radical (unpaired) electrons. The van der Waals surface area contributed by atoms with Gasteiger partial charge in [-0.3, -0.25) is 0 Å². The van der Waals surface area contributed by atoms with E-state index in [1.54, 1.807) is 12.1 Å². The molecule has 102 valence electrons. The van der Waals surface area contributed by atoms with Crippen molar-refractivity contribution in [1.29, 1.82) is 0 Å². The molecule has 0 bridgehead atoms. The lowest BCUT2D eigenvalue weighted by molar-refractivity contribution is 0.139. The Kier molecular flexibility index (Phi) is 6.91. The van der Waals surface area contributed by atoms with Crippen LogP contribution in [-0.4, -0.2) is 26.3 Å². The molecule has 18 heavy (non-hydrogen) atoms. The van der Waals surface area contributed by atoms with Crippen molar-refractivity contribution < 1.29 is 9.13 Å². The van der Waals surface area contributed by atoms with Gasteiger partial charge >= 0.3 is 0 Å². The number of ether oxygens (including phenoxy) is 1. The van der Waals surface area contributed by atoms with Gasteiger partial charge in [-0.2, -0.15) is 0 Å². The summed E-state index contributed by atoms with van der Waals surface area (Å²) in [6.07, 6.45) is 2.00. The zero-order valence-corrected chi connectivity index (χ0v) is 11.7. The SMILES string of the molecule is CCCNCCOCCc1c(C)cc(F)cc1C. The van der Waals surface area contributed by atoms with E-state index in [4.69, 9.17) is 4.74 Å². The number of benzene rings is 1. The van der Waals surface area contributed by atoms with Gasteiger partial charge in [0.15, 0.2) is 0 Å². The van der Waals surface area contributed by atoms with Crippen LogP contribution in [0.3, 0.4) is 0 Å². The van der Waals surface area contributed by atoms with Crippen molar-refractivity contribution in [2.24, 2.45) is 0 Å². The van der Waals surface area contributed by atoms with Crippen molar-refractivity contribution in [2.45, 2.75) is 33.6 Å². The Morgan fingerprint density at radius 3 is 2.39 bits per heavy atom. The molecule has 0 heterocycles. The lowest BCUT2D eigenvalue weighted by atomic mass is 10.0. The molecule has 0 aromatic heterocycles. The van der Waals surface area contributed by atoms with Gasteiger partial charge in [-0.1, -0.05) is 6.92 Å². The highest BCUT2D eigenvalue weighted by molar-refractivity contribution is 5.34. The van der Waals surface area contributed by atoms with Crippen LogP contribution in [0, 0.1) is 19.7 Å². The van der Waals surface area contributed by atoms with Gasteiger partial charge in [0.2, 0.25) is 0 Å². The van der Waals surface area contributed by atoms with Gasteiger partial charge in [0.05, 0.1) is 13.2 Å². The lowest BCUT2D eigenvalue weighted by Gasteiger charge is -2.11. The molecule has 0 aliphatic rings. The first-order chi connectivity index (χ1) is 8.65. The van der Waals surface area contributed by atoms with Gasteiger partial charge in [0.25, 0.3) is 0 Å². The average Bonchev–Trinajstić information content (AvgIpc) is 2.30. The minimum Gasteiger partial charge on any atom is -0.380 e. The summed E-state index contributed by atoms with van der Waals surface area (Å²) in [5.41, 5.74) is 3.23. The lowest BCUT2D eigenvalue weighted by Crippen LogP contribution is -2.20. The van der Waals surface area contributed by atoms with E-state index in [1.807, 2.05) is 13.8 Å². The van der Waals surface area contributed by atoms with Crippen molar-refractivity contribution in [3.8, 4) is 0 Å². The Bertz CT molecular complexity index is 343. The van der Waals surface area contributed by atoms with Crippen LogP contribution in [-0.2, 0) is 11.2 Å². The predicted molar refractivity (Wildman–Crippen MR) is 73.6 cm³/mol. The van der Waals surface area contributed by atoms with Crippen LogP contribution in [0.25, 0.3) is 0 Å². The van der Waals surface area contributed by atoms with Gasteiger partial charge in [-0.15, -0.1) is 0 Å². The molecule has 0 saturated carbocycles. The summed E-state index contributed by atoms with van der Waals surface area (Å²) in [5.74, 6) is -0.154.